The average Bonchev–Trinajstić information content (AvgIpc) is 2.78. The Kier molecular flexibility index (Phi) is 12.6. The van der Waals surface area contributed by atoms with Gasteiger partial charge in [0.15, 0.2) is 11.9 Å². The van der Waals surface area contributed by atoms with Crippen LogP contribution >= 0.6 is 0 Å². The Morgan fingerprint density at radius 2 is 1.23 bits per heavy atom. The Balaban J connectivity index is 1.46. The number of aliphatic carboxylic acids is 1. The van der Waals surface area contributed by atoms with Crippen molar-refractivity contribution in [3.63, 3.8) is 0 Å². The van der Waals surface area contributed by atoms with Gasteiger partial charge in [0, 0.05) is 36.7 Å². The van der Waals surface area contributed by atoms with Gasteiger partial charge in [-0.15, -0.1) is 0 Å². The third-order valence-electron chi connectivity index (χ3n) is 6.22. The van der Waals surface area contributed by atoms with Crippen LogP contribution in [0.4, 0.5) is 0 Å². The van der Waals surface area contributed by atoms with Crippen LogP contribution in [0, 0.1) is 6.92 Å². The molecule has 170 valence electrons. The van der Waals surface area contributed by atoms with Crippen LogP contribution in [0.25, 0.3) is 5.69 Å². The first-order valence-electron chi connectivity index (χ1n) is 12.4. The summed E-state index contributed by atoms with van der Waals surface area (Å²) in [5, 5.41) is 10.3. The van der Waals surface area contributed by atoms with Gasteiger partial charge in [-0.25, -0.2) is 0 Å². The van der Waals surface area contributed by atoms with Gasteiger partial charge in [0.25, 0.3) is 0 Å². The second-order valence-corrected chi connectivity index (χ2v) is 8.79. The van der Waals surface area contributed by atoms with Gasteiger partial charge in [-0.3, -0.25) is 0 Å². The maximum absolute atomic E-state index is 10.3. The number of carbonyl (C=O) groups is 1. The number of rotatable bonds is 17. The molecular weight excluding hydrogens is 382 g/mol. The van der Waals surface area contributed by atoms with Gasteiger partial charge in [0.2, 0.25) is 5.69 Å². The molecule has 0 aliphatic carbocycles. The number of aromatic nitrogens is 1. The largest absolute Gasteiger partial charge is 0.550 e. The molecule has 2 aromatic rings. The Morgan fingerprint density at radius 1 is 0.710 bits per heavy atom. The van der Waals surface area contributed by atoms with Crippen LogP contribution in [0.3, 0.4) is 0 Å². The normalized spacial score (nSPS) is 11.0. The summed E-state index contributed by atoms with van der Waals surface area (Å²) < 4.78 is 2.29. The Hall–Kier alpha value is -2.16. The minimum absolute atomic E-state index is 0.221. The van der Waals surface area contributed by atoms with Crippen molar-refractivity contribution in [2.24, 2.45) is 0 Å². The number of nitrogens with zero attached hydrogens (tertiary/aromatic N) is 1. The molecule has 0 saturated heterocycles. The fourth-order valence-corrected chi connectivity index (χ4v) is 4.29. The number of benzene rings is 1. The van der Waals surface area contributed by atoms with Gasteiger partial charge < -0.3 is 9.90 Å². The van der Waals surface area contributed by atoms with Crippen molar-refractivity contribution < 1.29 is 14.5 Å². The number of carbonyl (C=O) groups excluding carboxylic acids is 1. The molecule has 0 fully saturated rings. The zero-order valence-electron chi connectivity index (χ0n) is 19.5. The molecule has 3 heteroatoms. The molecule has 0 unspecified atom stereocenters. The number of hydrogen-bond acceptors (Lipinski definition) is 2. The molecule has 0 radical (unpaired) electrons. The zero-order valence-corrected chi connectivity index (χ0v) is 19.5. The van der Waals surface area contributed by atoms with E-state index in [9.17, 15) is 9.90 Å². The molecule has 0 atom stereocenters. The highest BCUT2D eigenvalue weighted by Crippen LogP contribution is 2.15. The molecule has 0 saturated carbocycles. The Morgan fingerprint density at radius 3 is 1.77 bits per heavy atom. The van der Waals surface area contributed by atoms with Crippen molar-refractivity contribution in [1.82, 2.24) is 0 Å². The topological polar surface area (TPSA) is 44.0 Å². The minimum Gasteiger partial charge on any atom is -0.550 e. The molecule has 0 amide bonds. The lowest BCUT2D eigenvalue weighted by molar-refractivity contribution is -0.603. The minimum atomic E-state index is -0.911. The second kappa shape index (κ2) is 15.6. The van der Waals surface area contributed by atoms with E-state index < -0.39 is 5.97 Å². The molecule has 0 bridgehead atoms. The summed E-state index contributed by atoms with van der Waals surface area (Å²) in [5.74, 6) is -0.911. The molecule has 31 heavy (non-hydrogen) atoms. The zero-order chi connectivity index (χ0) is 22.2. The van der Waals surface area contributed by atoms with E-state index in [1.54, 1.807) is 0 Å². The van der Waals surface area contributed by atoms with Gasteiger partial charge in [0.1, 0.15) is 0 Å². The van der Waals surface area contributed by atoms with Gasteiger partial charge in [-0.05, 0) is 31.7 Å². The standard InChI is InChI=1S/C28H41NO2/c1-25-26(20-18-24-29(25)27-21-15-13-16-22-27)19-14-11-9-7-5-3-2-4-6-8-10-12-17-23-28(30)31/h13,15-16,18,20-22,24H,2-12,14,17,19,23H2,1H3. The maximum Gasteiger partial charge on any atom is 0.210 e. The number of pyridine rings is 1. The maximum atomic E-state index is 10.3. The van der Waals surface area contributed by atoms with E-state index >= 15 is 0 Å². The lowest BCUT2D eigenvalue weighted by Crippen LogP contribution is -2.34. The highest BCUT2D eigenvalue weighted by atomic mass is 16.4. The number of carboxylic acids is 1. The van der Waals surface area contributed by atoms with E-state index in [0.717, 1.165) is 12.8 Å². The van der Waals surface area contributed by atoms with Crippen LogP contribution in [0.15, 0.2) is 48.7 Å². The summed E-state index contributed by atoms with van der Waals surface area (Å²) in [6, 6.07) is 15.0. The summed E-state index contributed by atoms with van der Waals surface area (Å²) in [6.45, 7) is 2.23. The van der Waals surface area contributed by atoms with Gasteiger partial charge in [0.05, 0.1) is 0 Å². The molecule has 1 aromatic carbocycles. The van der Waals surface area contributed by atoms with Crippen molar-refractivity contribution in [2.45, 2.75) is 103 Å². The molecule has 1 aromatic heterocycles. The van der Waals surface area contributed by atoms with Crippen LogP contribution in [0.2, 0.25) is 0 Å². The number of hydrogen-bond donors (Lipinski definition) is 0. The van der Waals surface area contributed by atoms with Crippen LogP contribution in [-0.4, -0.2) is 5.97 Å². The van der Waals surface area contributed by atoms with Crippen molar-refractivity contribution in [3.05, 3.63) is 59.9 Å². The third-order valence-corrected chi connectivity index (χ3v) is 6.22. The monoisotopic (exact) mass is 423 g/mol. The SMILES string of the molecule is Cc1c(CCCCCCCCCCCCCCCC(=O)[O-])ccc[n+]1-c1ccccc1. The summed E-state index contributed by atoms with van der Waals surface area (Å²) in [6.07, 6.45) is 19.8. The Bertz CT molecular complexity index is 742. The van der Waals surface area contributed by atoms with Gasteiger partial charge in [-0.2, -0.15) is 4.57 Å². The van der Waals surface area contributed by atoms with Crippen LogP contribution in [-0.2, 0) is 11.2 Å². The molecule has 0 spiro atoms. The summed E-state index contributed by atoms with van der Waals surface area (Å²) in [4.78, 5) is 10.3. The summed E-state index contributed by atoms with van der Waals surface area (Å²) in [7, 11) is 0. The number of carboxylic acid groups (broad SMARTS) is 1. The quantitative estimate of drug-likeness (QED) is 0.230. The fraction of sp³-hybridized carbons (Fsp3) is 0.571. The summed E-state index contributed by atoms with van der Waals surface area (Å²) in [5.41, 5.74) is 4.05. The van der Waals surface area contributed by atoms with Crippen molar-refractivity contribution >= 4 is 5.97 Å². The first kappa shape index (κ1) is 25.1. The van der Waals surface area contributed by atoms with Crippen LogP contribution in [0.5, 0.6) is 0 Å². The third kappa shape index (κ3) is 10.6. The van der Waals surface area contributed by atoms with Gasteiger partial charge >= 0.3 is 0 Å². The first-order chi connectivity index (χ1) is 15.2. The smallest absolute Gasteiger partial charge is 0.210 e. The second-order valence-electron chi connectivity index (χ2n) is 8.79. The lowest BCUT2D eigenvalue weighted by atomic mass is 10.0. The van der Waals surface area contributed by atoms with Crippen LogP contribution < -0.4 is 9.67 Å². The van der Waals surface area contributed by atoms with Crippen molar-refractivity contribution in [2.75, 3.05) is 0 Å². The van der Waals surface area contributed by atoms with E-state index in [0.29, 0.717) is 0 Å². The highest BCUT2D eigenvalue weighted by Gasteiger charge is 2.13. The van der Waals surface area contributed by atoms with E-state index in [1.807, 2.05) is 0 Å². The van der Waals surface area contributed by atoms with E-state index in [1.165, 1.54) is 94.0 Å². The predicted octanol–water partition coefficient (Wildman–Crippen LogP) is 6.03. The fourth-order valence-electron chi connectivity index (χ4n) is 4.29. The van der Waals surface area contributed by atoms with E-state index in [-0.39, 0.29) is 6.42 Å². The average molecular weight is 424 g/mol. The molecule has 0 aliphatic rings. The molecular formula is C28H41NO2. The van der Waals surface area contributed by atoms with E-state index in [4.69, 9.17) is 0 Å². The van der Waals surface area contributed by atoms with E-state index in [2.05, 4.69) is 60.2 Å². The molecule has 3 nitrogen and oxygen atoms in total. The van der Waals surface area contributed by atoms with Crippen molar-refractivity contribution in [1.29, 1.82) is 0 Å². The van der Waals surface area contributed by atoms with Crippen LogP contribution in [0.1, 0.15) is 101 Å². The number of aryl methyl sites for hydroxylation is 1. The highest BCUT2D eigenvalue weighted by molar-refractivity contribution is 5.64. The van der Waals surface area contributed by atoms with Crippen molar-refractivity contribution in [3.8, 4) is 5.69 Å². The predicted molar refractivity (Wildman–Crippen MR) is 126 cm³/mol. The lowest BCUT2D eigenvalue weighted by Gasteiger charge is -2.06. The first-order valence-corrected chi connectivity index (χ1v) is 12.4. The molecule has 0 aliphatic heterocycles. The van der Waals surface area contributed by atoms with Gasteiger partial charge in [-0.1, -0.05) is 88.8 Å². The molecule has 1 heterocycles. The molecule has 2 rings (SSSR count). The Labute approximate surface area is 189 Å². The number of unbranched alkanes of at least 4 members (excludes halogenated alkanes) is 12. The summed E-state index contributed by atoms with van der Waals surface area (Å²) >= 11 is 0. The molecule has 0 N–H and O–H groups in total. The number of para-hydroxylation sites is 1.